The fraction of sp³-hybridized carbons (Fsp3) is 0.278. The zero-order valence-corrected chi connectivity index (χ0v) is 16.0. The number of hydrogen-bond acceptors (Lipinski definition) is 6. The number of carbonyl (C=O) groups excluding carboxylic acids is 1. The number of aromatic hydroxyl groups is 1. The number of fused-ring (bicyclic) bond motifs is 1. The Labute approximate surface area is 164 Å². The minimum absolute atomic E-state index is 0.0898. The number of aromatic amines is 2. The van der Waals surface area contributed by atoms with E-state index in [0.29, 0.717) is 30.8 Å². The number of azo groups is 1. The number of H-pyrrole nitrogens is 2. The maximum Gasteiger partial charge on any atom is 0.270 e. The lowest BCUT2D eigenvalue weighted by Crippen LogP contribution is -2.10. The van der Waals surface area contributed by atoms with Crippen LogP contribution in [0.25, 0.3) is 10.9 Å². The van der Waals surface area contributed by atoms with Crippen LogP contribution in [0.4, 0.5) is 5.69 Å². The van der Waals surface area contributed by atoms with E-state index in [2.05, 4.69) is 20.2 Å². The molecule has 2 heterocycles. The summed E-state index contributed by atoms with van der Waals surface area (Å²) in [5.74, 6) is -0.671. The Morgan fingerprint density at radius 1 is 1.32 bits per heavy atom. The minimum Gasteiger partial charge on any atom is -0.493 e. The molecule has 1 aromatic carbocycles. The molecule has 28 heavy (non-hydrogen) atoms. The first-order valence-corrected chi connectivity index (χ1v) is 9.05. The van der Waals surface area contributed by atoms with Crippen LogP contribution in [-0.4, -0.2) is 38.8 Å². The number of carbonyl (C=O) groups is 1. The molecule has 0 saturated carbocycles. The third-order valence-corrected chi connectivity index (χ3v) is 4.20. The van der Waals surface area contributed by atoms with Crippen LogP contribution in [0, 0.1) is 4.77 Å². The van der Waals surface area contributed by atoms with Crippen LogP contribution < -0.4 is 5.56 Å². The Bertz CT molecular complexity index is 1120. The number of benzene rings is 1. The molecule has 1 amide bonds. The van der Waals surface area contributed by atoms with Gasteiger partial charge in [0.25, 0.3) is 11.5 Å². The fourth-order valence-corrected chi connectivity index (χ4v) is 3.05. The van der Waals surface area contributed by atoms with Gasteiger partial charge in [0.2, 0.25) is 5.88 Å². The molecule has 3 rings (SSSR count). The van der Waals surface area contributed by atoms with E-state index in [1.54, 1.807) is 10.6 Å². The van der Waals surface area contributed by atoms with Gasteiger partial charge >= 0.3 is 0 Å². The van der Waals surface area contributed by atoms with Crippen molar-refractivity contribution in [2.75, 3.05) is 13.2 Å². The maximum atomic E-state index is 12.1. The van der Waals surface area contributed by atoms with Gasteiger partial charge < -0.3 is 19.4 Å². The molecule has 0 spiro atoms. The summed E-state index contributed by atoms with van der Waals surface area (Å²) in [6.45, 7) is 3.34. The molecule has 9 nitrogen and oxygen atoms in total. The van der Waals surface area contributed by atoms with Gasteiger partial charge in [-0.3, -0.25) is 14.6 Å². The van der Waals surface area contributed by atoms with Crippen molar-refractivity contribution in [1.82, 2.24) is 14.5 Å². The van der Waals surface area contributed by atoms with Crippen molar-refractivity contribution >= 4 is 34.7 Å². The summed E-state index contributed by atoms with van der Waals surface area (Å²) in [6, 6.07) is 8.53. The van der Waals surface area contributed by atoms with Gasteiger partial charge in [0, 0.05) is 30.3 Å². The van der Waals surface area contributed by atoms with E-state index in [-0.39, 0.29) is 22.8 Å². The molecule has 0 aliphatic carbocycles. The summed E-state index contributed by atoms with van der Waals surface area (Å²) in [6.07, 6.45) is -0.166. The van der Waals surface area contributed by atoms with Crippen LogP contribution in [0.2, 0.25) is 0 Å². The van der Waals surface area contributed by atoms with Crippen molar-refractivity contribution < 1.29 is 14.6 Å². The summed E-state index contributed by atoms with van der Waals surface area (Å²) in [7, 11) is 0. The number of aromatic nitrogens is 3. The first-order valence-electron chi connectivity index (χ1n) is 8.64. The Morgan fingerprint density at radius 3 is 2.86 bits per heavy atom. The van der Waals surface area contributed by atoms with Gasteiger partial charge in [-0.2, -0.15) is 0 Å². The Morgan fingerprint density at radius 2 is 2.11 bits per heavy atom. The van der Waals surface area contributed by atoms with E-state index in [1.807, 2.05) is 25.1 Å². The summed E-state index contributed by atoms with van der Waals surface area (Å²) < 4.78 is 7.15. The zero-order chi connectivity index (χ0) is 20.1. The van der Waals surface area contributed by atoms with Crippen LogP contribution in [0.3, 0.4) is 0 Å². The summed E-state index contributed by atoms with van der Waals surface area (Å²) in [4.78, 5) is 28.7. The lowest BCUT2D eigenvalue weighted by Gasteiger charge is -2.06. The molecule has 0 saturated heterocycles. The topological polar surface area (TPSA) is 125 Å². The third kappa shape index (κ3) is 4.41. The first-order chi connectivity index (χ1) is 13.5. The van der Waals surface area contributed by atoms with E-state index < -0.39 is 11.5 Å². The molecule has 0 aliphatic heterocycles. The Hall–Kier alpha value is -3.11. The molecule has 0 radical (unpaired) electrons. The van der Waals surface area contributed by atoms with Crippen LogP contribution in [0.15, 0.2) is 45.4 Å². The average Bonchev–Trinajstić information content (AvgIpc) is 2.91. The molecule has 2 aromatic heterocycles. The van der Waals surface area contributed by atoms with Crippen molar-refractivity contribution in [2.24, 2.45) is 10.2 Å². The van der Waals surface area contributed by atoms with Crippen LogP contribution in [0.1, 0.15) is 12.6 Å². The highest BCUT2D eigenvalue weighted by Crippen LogP contribution is 2.38. The predicted octanol–water partition coefficient (Wildman–Crippen LogP) is 2.98. The second-order valence-corrected chi connectivity index (χ2v) is 6.33. The number of para-hydroxylation sites is 1. The molecule has 3 aromatic rings. The van der Waals surface area contributed by atoms with Crippen molar-refractivity contribution in [3.63, 3.8) is 0 Å². The van der Waals surface area contributed by atoms with E-state index in [9.17, 15) is 14.7 Å². The number of ether oxygens (including phenoxy) is 1. The third-order valence-electron chi connectivity index (χ3n) is 4.00. The quantitative estimate of drug-likeness (QED) is 0.319. The second kappa shape index (κ2) is 8.72. The van der Waals surface area contributed by atoms with Crippen LogP contribution in [0.5, 0.6) is 5.88 Å². The largest absolute Gasteiger partial charge is 0.493 e. The molecule has 0 bridgehead atoms. The Balaban J connectivity index is 1.86. The number of hydrogen-bond donors (Lipinski definition) is 3. The van der Waals surface area contributed by atoms with Crippen LogP contribution >= 0.6 is 12.2 Å². The van der Waals surface area contributed by atoms with Crippen LogP contribution in [-0.2, 0) is 22.5 Å². The lowest BCUT2D eigenvalue weighted by atomic mass is 10.2. The zero-order valence-electron chi connectivity index (χ0n) is 15.1. The monoisotopic (exact) mass is 401 g/mol. The molecular weight excluding hydrogens is 382 g/mol. The second-order valence-electron chi connectivity index (χ2n) is 5.92. The SMILES string of the molecule is CCOCCn1c(O)c(N=NC(=O)Cc2cc(=O)[nH]c(=S)[nH]2)c2ccccc21. The van der Waals surface area contributed by atoms with Crippen molar-refractivity contribution in [1.29, 1.82) is 0 Å². The molecule has 3 N–H and O–H groups in total. The summed E-state index contributed by atoms with van der Waals surface area (Å²) in [5, 5.41) is 18.9. The smallest absolute Gasteiger partial charge is 0.270 e. The van der Waals surface area contributed by atoms with E-state index in [0.717, 1.165) is 5.52 Å². The van der Waals surface area contributed by atoms with Crippen molar-refractivity contribution in [3.05, 3.63) is 51.2 Å². The molecule has 10 heteroatoms. The maximum absolute atomic E-state index is 12.1. The highest BCUT2D eigenvalue weighted by Gasteiger charge is 2.16. The summed E-state index contributed by atoms with van der Waals surface area (Å²) in [5.41, 5.74) is 0.902. The van der Waals surface area contributed by atoms with Gasteiger partial charge in [0.15, 0.2) is 10.5 Å². The standard InChI is InChI=1S/C18H19N5O4S/c1-2-27-8-7-23-13-6-4-3-5-12(13)16(17(23)26)22-21-15(25)10-11-9-14(24)20-18(28)19-11/h3-6,9,26H,2,7-8,10H2,1H3,(H2,19,20,24,28). The number of amides is 1. The Kier molecular flexibility index (Phi) is 6.12. The lowest BCUT2D eigenvalue weighted by molar-refractivity contribution is -0.117. The molecule has 0 unspecified atom stereocenters. The van der Waals surface area contributed by atoms with Gasteiger partial charge in [0.05, 0.1) is 18.5 Å². The molecule has 146 valence electrons. The van der Waals surface area contributed by atoms with Gasteiger partial charge in [-0.25, -0.2) is 0 Å². The number of nitrogens with one attached hydrogen (secondary N) is 2. The van der Waals surface area contributed by atoms with Gasteiger partial charge in [-0.1, -0.05) is 18.2 Å². The van der Waals surface area contributed by atoms with E-state index in [4.69, 9.17) is 17.0 Å². The minimum atomic E-state index is -0.582. The molecular formula is C18H19N5O4S. The normalized spacial score (nSPS) is 11.5. The van der Waals surface area contributed by atoms with Crippen molar-refractivity contribution in [2.45, 2.75) is 19.9 Å². The number of nitrogens with zero attached hydrogens (tertiary/aromatic N) is 3. The van der Waals surface area contributed by atoms with Gasteiger partial charge in [-0.05, 0) is 25.2 Å². The highest BCUT2D eigenvalue weighted by atomic mass is 32.1. The van der Waals surface area contributed by atoms with Gasteiger partial charge in [0.1, 0.15) is 0 Å². The van der Waals surface area contributed by atoms with E-state index in [1.165, 1.54) is 6.07 Å². The molecule has 0 atom stereocenters. The van der Waals surface area contributed by atoms with Crippen molar-refractivity contribution in [3.8, 4) is 5.88 Å². The van der Waals surface area contributed by atoms with E-state index >= 15 is 0 Å². The molecule has 0 fully saturated rings. The molecule has 0 aliphatic rings. The fourth-order valence-electron chi connectivity index (χ4n) is 2.82. The number of rotatable bonds is 7. The first kappa shape index (κ1) is 19.6. The van der Waals surface area contributed by atoms with Gasteiger partial charge in [-0.15, -0.1) is 10.2 Å². The summed E-state index contributed by atoms with van der Waals surface area (Å²) >= 11 is 4.87. The highest BCUT2D eigenvalue weighted by molar-refractivity contribution is 7.71. The predicted molar refractivity (Wildman–Crippen MR) is 106 cm³/mol. The average molecular weight is 401 g/mol.